The molecule has 2 aromatic carbocycles. The average Bonchev–Trinajstić information content (AvgIpc) is 2.63. The van der Waals surface area contributed by atoms with E-state index in [1.54, 1.807) is 24.3 Å². The Balaban J connectivity index is 2.05. The highest BCUT2D eigenvalue weighted by atomic mass is 35.5. The van der Waals surface area contributed by atoms with Crippen LogP contribution in [-0.2, 0) is 0 Å². The van der Waals surface area contributed by atoms with Crippen molar-refractivity contribution in [3.8, 4) is 28.1 Å². The van der Waals surface area contributed by atoms with Crippen LogP contribution >= 0.6 is 11.6 Å². The second kappa shape index (κ2) is 6.07. The molecular weight excluding hydrogens is 336 g/mol. The number of phenols is 1. The molecule has 0 saturated heterocycles. The van der Waals surface area contributed by atoms with Gasteiger partial charge in [0.25, 0.3) is 0 Å². The van der Waals surface area contributed by atoms with Crippen LogP contribution < -0.4 is 5.56 Å². The highest BCUT2D eigenvalue weighted by molar-refractivity contribution is 6.32. The predicted octanol–water partition coefficient (Wildman–Crippen LogP) is 4.62. The van der Waals surface area contributed by atoms with Crippen LogP contribution in [-0.4, -0.2) is 15.1 Å². The van der Waals surface area contributed by atoms with Crippen molar-refractivity contribution in [1.82, 2.24) is 9.97 Å². The molecule has 4 nitrogen and oxygen atoms in total. The van der Waals surface area contributed by atoms with E-state index in [2.05, 4.69) is 9.97 Å². The summed E-state index contributed by atoms with van der Waals surface area (Å²) in [5.74, 6) is 0.0322. The summed E-state index contributed by atoms with van der Waals surface area (Å²) >= 11 is 6.08. The number of hydrogen-bond donors (Lipinski definition) is 2. The lowest BCUT2D eigenvalue weighted by atomic mass is 9.98. The fourth-order valence-corrected chi connectivity index (χ4v) is 2.97. The van der Waals surface area contributed by atoms with Crippen LogP contribution in [0.2, 0.25) is 5.02 Å². The third-order valence-electron chi connectivity index (χ3n) is 4.01. The number of benzene rings is 2. The van der Waals surface area contributed by atoms with E-state index in [-0.39, 0.29) is 16.3 Å². The summed E-state index contributed by atoms with van der Waals surface area (Å²) in [6.45, 7) is 0. The maximum absolute atomic E-state index is 11.6. The summed E-state index contributed by atoms with van der Waals surface area (Å²) in [6, 6.07) is 19.9. The molecule has 0 atom stereocenters. The summed E-state index contributed by atoms with van der Waals surface area (Å²) in [7, 11) is 0. The van der Waals surface area contributed by atoms with Gasteiger partial charge in [0.05, 0.1) is 10.7 Å². The lowest BCUT2D eigenvalue weighted by Gasteiger charge is -2.12. The number of aromatic amines is 1. The van der Waals surface area contributed by atoms with Crippen LogP contribution in [0.5, 0.6) is 5.75 Å². The molecule has 0 saturated carbocycles. The van der Waals surface area contributed by atoms with Crippen LogP contribution in [0, 0.1) is 0 Å². The van der Waals surface area contributed by atoms with Gasteiger partial charge in [-0.2, -0.15) is 0 Å². The molecule has 2 aromatic heterocycles. The average molecular weight is 349 g/mol. The topological polar surface area (TPSA) is 66.0 Å². The van der Waals surface area contributed by atoms with Gasteiger partial charge in [-0.3, -0.25) is 4.79 Å². The fraction of sp³-hybridized carbons (Fsp3) is 0. The molecule has 0 unspecified atom stereocenters. The van der Waals surface area contributed by atoms with Gasteiger partial charge in [-0.25, -0.2) is 4.98 Å². The molecule has 0 radical (unpaired) electrons. The Kier molecular flexibility index (Phi) is 3.75. The normalized spacial score (nSPS) is 10.9. The van der Waals surface area contributed by atoms with E-state index in [1.165, 1.54) is 6.07 Å². The van der Waals surface area contributed by atoms with Crippen molar-refractivity contribution in [1.29, 1.82) is 0 Å². The van der Waals surface area contributed by atoms with E-state index in [4.69, 9.17) is 11.6 Å². The lowest BCUT2D eigenvalue weighted by molar-refractivity contribution is 0.475. The van der Waals surface area contributed by atoms with E-state index in [0.717, 1.165) is 27.8 Å². The zero-order valence-corrected chi connectivity index (χ0v) is 13.8. The number of halogens is 1. The Labute approximate surface area is 148 Å². The summed E-state index contributed by atoms with van der Waals surface area (Å²) in [4.78, 5) is 19.1. The first-order chi connectivity index (χ1) is 12.1. The summed E-state index contributed by atoms with van der Waals surface area (Å²) in [5.41, 5.74) is 3.69. The standard InChI is InChI=1S/C20H13ClN2O2/c21-16-11-13(6-8-17(16)24)15-10-14-7-9-18(25)22-20(14)23-19(15)12-4-2-1-3-5-12/h1-11,24H,(H,22,23,25). The van der Waals surface area contributed by atoms with Gasteiger partial charge in [-0.05, 0) is 29.8 Å². The SMILES string of the molecule is O=c1ccc2cc(-c3ccc(O)c(Cl)c3)c(-c3ccccc3)nc2[nH]1. The van der Waals surface area contributed by atoms with Gasteiger partial charge >= 0.3 is 0 Å². The zero-order chi connectivity index (χ0) is 17.4. The third kappa shape index (κ3) is 2.88. The molecule has 0 aliphatic carbocycles. The first-order valence-electron chi connectivity index (χ1n) is 7.70. The molecule has 122 valence electrons. The number of fused-ring (bicyclic) bond motifs is 1. The molecule has 0 amide bonds. The lowest BCUT2D eigenvalue weighted by Crippen LogP contribution is -2.04. The van der Waals surface area contributed by atoms with Gasteiger partial charge in [0.15, 0.2) is 0 Å². The highest BCUT2D eigenvalue weighted by Crippen LogP contribution is 2.35. The summed E-state index contributed by atoms with van der Waals surface area (Å²) < 4.78 is 0. The molecule has 4 aromatic rings. The number of nitrogens with zero attached hydrogens (tertiary/aromatic N) is 1. The van der Waals surface area contributed by atoms with Crippen LogP contribution in [0.3, 0.4) is 0 Å². The Morgan fingerprint density at radius 1 is 0.920 bits per heavy atom. The molecule has 0 spiro atoms. The minimum Gasteiger partial charge on any atom is -0.506 e. The molecule has 2 N–H and O–H groups in total. The van der Waals surface area contributed by atoms with Crippen LogP contribution in [0.25, 0.3) is 33.4 Å². The number of hydrogen-bond acceptors (Lipinski definition) is 3. The van der Waals surface area contributed by atoms with Crippen LogP contribution in [0.1, 0.15) is 0 Å². The molecule has 0 fully saturated rings. The fourth-order valence-electron chi connectivity index (χ4n) is 2.79. The van der Waals surface area contributed by atoms with E-state index >= 15 is 0 Å². The molecule has 0 aliphatic heterocycles. The number of nitrogens with one attached hydrogen (secondary N) is 1. The maximum atomic E-state index is 11.6. The van der Waals surface area contributed by atoms with Gasteiger partial charge in [-0.15, -0.1) is 0 Å². The second-order valence-electron chi connectivity index (χ2n) is 5.68. The number of aromatic hydroxyl groups is 1. The first kappa shape index (κ1) is 15.4. The Morgan fingerprint density at radius 2 is 1.72 bits per heavy atom. The van der Waals surface area contributed by atoms with E-state index in [1.807, 2.05) is 36.4 Å². The van der Waals surface area contributed by atoms with Crippen LogP contribution in [0.4, 0.5) is 0 Å². The molecule has 25 heavy (non-hydrogen) atoms. The molecule has 0 bridgehead atoms. The number of rotatable bonds is 2. The summed E-state index contributed by atoms with van der Waals surface area (Å²) in [5, 5.41) is 10.8. The monoisotopic (exact) mass is 348 g/mol. The van der Waals surface area contributed by atoms with Crippen molar-refractivity contribution >= 4 is 22.6 Å². The van der Waals surface area contributed by atoms with Gasteiger partial charge in [0.2, 0.25) is 5.56 Å². The Morgan fingerprint density at radius 3 is 2.48 bits per heavy atom. The second-order valence-corrected chi connectivity index (χ2v) is 6.08. The maximum Gasteiger partial charge on any atom is 0.249 e. The van der Waals surface area contributed by atoms with Crippen molar-refractivity contribution < 1.29 is 5.11 Å². The summed E-state index contributed by atoms with van der Waals surface area (Å²) in [6.07, 6.45) is 0. The van der Waals surface area contributed by atoms with Crippen molar-refractivity contribution in [2.75, 3.05) is 0 Å². The third-order valence-corrected chi connectivity index (χ3v) is 4.32. The van der Waals surface area contributed by atoms with Crippen molar-refractivity contribution in [2.45, 2.75) is 0 Å². The zero-order valence-electron chi connectivity index (χ0n) is 13.0. The van der Waals surface area contributed by atoms with E-state index in [9.17, 15) is 9.90 Å². The van der Waals surface area contributed by atoms with Gasteiger partial charge in [0.1, 0.15) is 11.4 Å². The van der Waals surface area contributed by atoms with Gasteiger partial charge < -0.3 is 10.1 Å². The van der Waals surface area contributed by atoms with Crippen molar-refractivity contribution in [3.05, 3.63) is 82.1 Å². The smallest absolute Gasteiger partial charge is 0.249 e. The number of aromatic nitrogens is 2. The molecule has 4 rings (SSSR count). The Hall–Kier alpha value is -3.11. The van der Waals surface area contributed by atoms with E-state index < -0.39 is 0 Å². The van der Waals surface area contributed by atoms with Crippen LogP contribution in [0.15, 0.2) is 71.5 Å². The predicted molar refractivity (Wildman–Crippen MR) is 99.9 cm³/mol. The quantitative estimate of drug-likeness (QED) is 0.555. The number of phenolic OH excluding ortho intramolecular Hbond substituents is 1. The largest absolute Gasteiger partial charge is 0.506 e. The molecule has 0 aliphatic rings. The minimum absolute atomic E-state index is 0.0322. The molecule has 5 heteroatoms. The van der Waals surface area contributed by atoms with Gasteiger partial charge in [0, 0.05) is 22.6 Å². The minimum atomic E-state index is -0.195. The van der Waals surface area contributed by atoms with Crippen molar-refractivity contribution in [3.63, 3.8) is 0 Å². The molecule has 2 heterocycles. The Bertz CT molecular complexity index is 1140. The number of pyridine rings is 2. The van der Waals surface area contributed by atoms with Gasteiger partial charge in [-0.1, -0.05) is 48.0 Å². The highest BCUT2D eigenvalue weighted by Gasteiger charge is 2.13. The van der Waals surface area contributed by atoms with E-state index in [0.29, 0.717) is 5.65 Å². The van der Waals surface area contributed by atoms with Crippen molar-refractivity contribution in [2.24, 2.45) is 0 Å². The number of H-pyrrole nitrogens is 1. The molecular formula is C20H13ClN2O2. The first-order valence-corrected chi connectivity index (χ1v) is 8.08.